The van der Waals surface area contributed by atoms with Crippen molar-refractivity contribution in [2.24, 2.45) is 4.99 Å². The van der Waals surface area contributed by atoms with Crippen LogP contribution in [0.25, 0.3) is 0 Å². The van der Waals surface area contributed by atoms with Gasteiger partial charge in [0, 0.05) is 19.5 Å². The van der Waals surface area contributed by atoms with Crippen LogP contribution in [0.2, 0.25) is 0 Å². The molecule has 1 saturated heterocycles. The summed E-state index contributed by atoms with van der Waals surface area (Å²) in [5.41, 5.74) is 3.00. The molecule has 0 saturated carbocycles. The van der Waals surface area contributed by atoms with Crippen LogP contribution in [-0.4, -0.2) is 40.1 Å². The molecule has 2 aliphatic rings. The van der Waals surface area contributed by atoms with Gasteiger partial charge in [0.25, 0.3) is 0 Å². The van der Waals surface area contributed by atoms with E-state index in [1.165, 1.54) is 0 Å². The summed E-state index contributed by atoms with van der Waals surface area (Å²) in [5.74, 6) is 1.53. The van der Waals surface area contributed by atoms with E-state index in [2.05, 4.69) is 23.0 Å². The molecule has 0 bridgehead atoms. The van der Waals surface area contributed by atoms with Crippen molar-refractivity contribution >= 4 is 5.84 Å². The number of likely N-dealkylation sites (tertiary alicyclic amines) is 1. The largest absolute Gasteiger partial charge is 0.508 e. The lowest BCUT2D eigenvalue weighted by atomic mass is 10.0. The summed E-state index contributed by atoms with van der Waals surface area (Å²) in [4.78, 5) is 6.70. The van der Waals surface area contributed by atoms with Gasteiger partial charge in [-0.25, -0.2) is 4.99 Å². The van der Waals surface area contributed by atoms with Crippen molar-refractivity contribution in [2.75, 3.05) is 13.1 Å². The lowest BCUT2D eigenvalue weighted by Gasteiger charge is -2.34. The standard InChI is InChI=1S/C19H22N4O2/c1-12-3-4-16(25)9-14(12)10-18-21-13(2)17(11-20)19(22-18)23-7-5-15(24)6-8-23/h3-4,9,15,24-25H,2,5-8,10H2,1H3,(H,21,22). The van der Waals surface area contributed by atoms with E-state index in [0.29, 0.717) is 55.3 Å². The Morgan fingerprint density at radius 1 is 1.40 bits per heavy atom. The zero-order valence-electron chi connectivity index (χ0n) is 14.3. The van der Waals surface area contributed by atoms with Crippen LogP contribution in [0.5, 0.6) is 5.75 Å². The predicted molar refractivity (Wildman–Crippen MR) is 95.7 cm³/mol. The van der Waals surface area contributed by atoms with Gasteiger partial charge in [-0.05, 0) is 43.0 Å². The molecule has 0 aliphatic carbocycles. The number of amidine groups is 1. The fourth-order valence-corrected chi connectivity index (χ4v) is 3.12. The number of aryl methyl sites for hydroxylation is 1. The van der Waals surface area contributed by atoms with E-state index in [9.17, 15) is 15.5 Å². The molecule has 6 heteroatoms. The first kappa shape index (κ1) is 17.1. The normalized spacial score (nSPS) is 18.7. The maximum Gasteiger partial charge on any atom is 0.150 e. The van der Waals surface area contributed by atoms with Gasteiger partial charge >= 0.3 is 0 Å². The number of aromatic hydroxyl groups is 1. The first-order valence-electron chi connectivity index (χ1n) is 8.37. The van der Waals surface area contributed by atoms with E-state index in [4.69, 9.17) is 0 Å². The highest BCUT2D eigenvalue weighted by Gasteiger charge is 2.26. The SMILES string of the molecule is C=C1NC(Cc2cc(O)ccc2C)=NC(N2CCC(O)CC2)=C1C#N. The van der Waals surface area contributed by atoms with Gasteiger partial charge in [0.05, 0.1) is 11.8 Å². The number of phenols is 1. The van der Waals surface area contributed by atoms with Gasteiger partial charge in [-0.2, -0.15) is 5.26 Å². The molecule has 0 aromatic heterocycles. The molecule has 2 heterocycles. The van der Waals surface area contributed by atoms with Gasteiger partial charge in [0.15, 0.2) is 5.82 Å². The number of phenolic OH excluding ortho intramolecular Hbond substituents is 1. The number of aliphatic hydroxyl groups excluding tert-OH is 1. The quantitative estimate of drug-likeness (QED) is 0.783. The minimum absolute atomic E-state index is 0.217. The molecule has 1 aromatic carbocycles. The first-order valence-corrected chi connectivity index (χ1v) is 8.37. The lowest BCUT2D eigenvalue weighted by Crippen LogP contribution is -2.39. The summed E-state index contributed by atoms with van der Waals surface area (Å²) in [6, 6.07) is 7.43. The van der Waals surface area contributed by atoms with Crippen LogP contribution < -0.4 is 5.32 Å². The molecule has 2 aliphatic heterocycles. The maximum atomic E-state index is 9.72. The molecule has 0 unspecified atom stereocenters. The zero-order valence-corrected chi connectivity index (χ0v) is 14.3. The molecule has 0 atom stereocenters. The van der Waals surface area contributed by atoms with Crippen molar-refractivity contribution in [1.29, 1.82) is 5.26 Å². The molecule has 3 N–H and O–H groups in total. The maximum absolute atomic E-state index is 9.72. The Morgan fingerprint density at radius 3 is 2.80 bits per heavy atom. The summed E-state index contributed by atoms with van der Waals surface area (Å²) < 4.78 is 0. The van der Waals surface area contributed by atoms with E-state index in [-0.39, 0.29) is 11.9 Å². The molecule has 130 valence electrons. The summed E-state index contributed by atoms with van der Waals surface area (Å²) in [5, 5.41) is 32.0. The van der Waals surface area contributed by atoms with Crippen LogP contribution in [0.4, 0.5) is 0 Å². The highest BCUT2D eigenvalue weighted by Crippen LogP contribution is 2.25. The number of allylic oxidation sites excluding steroid dienone is 1. The number of nitrogens with zero attached hydrogens (tertiary/aromatic N) is 3. The third-order valence-electron chi connectivity index (χ3n) is 4.63. The topological polar surface area (TPSA) is 91.9 Å². The Bertz CT molecular complexity index is 796. The molecule has 0 spiro atoms. The molecule has 3 rings (SSSR count). The molecule has 0 radical (unpaired) electrons. The average molecular weight is 338 g/mol. The van der Waals surface area contributed by atoms with Crippen LogP contribution in [0.1, 0.15) is 24.0 Å². The molecule has 25 heavy (non-hydrogen) atoms. The molecular weight excluding hydrogens is 316 g/mol. The summed E-state index contributed by atoms with van der Waals surface area (Å²) in [6.45, 7) is 7.27. The van der Waals surface area contributed by atoms with Crippen LogP contribution in [0.15, 0.2) is 46.9 Å². The van der Waals surface area contributed by atoms with Gasteiger partial charge in [-0.1, -0.05) is 12.6 Å². The molecule has 1 aromatic rings. The average Bonchev–Trinajstić information content (AvgIpc) is 2.58. The number of nitriles is 1. The molecule has 6 nitrogen and oxygen atoms in total. The van der Waals surface area contributed by atoms with E-state index in [1.807, 2.05) is 17.9 Å². The number of benzene rings is 1. The lowest BCUT2D eigenvalue weighted by molar-refractivity contribution is 0.0963. The minimum atomic E-state index is -0.286. The van der Waals surface area contributed by atoms with Crippen molar-refractivity contribution in [3.05, 3.63) is 53.0 Å². The first-order chi connectivity index (χ1) is 12.0. The van der Waals surface area contributed by atoms with Crippen molar-refractivity contribution in [3.8, 4) is 11.8 Å². The van der Waals surface area contributed by atoms with Crippen molar-refractivity contribution in [1.82, 2.24) is 10.2 Å². The number of nitrogens with one attached hydrogen (secondary N) is 1. The van der Waals surface area contributed by atoms with E-state index in [0.717, 1.165) is 11.1 Å². The van der Waals surface area contributed by atoms with Crippen LogP contribution in [0, 0.1) is 18.3 Å². The third kappa shape index (κ3) is 3.67. The summed E-state index contributed by atoms with van der Waals surface area (Å²) in [7, 11) is 0. The Hall–Kier alpha value is -2.78. The van der Waals surface area contributed by atoms with Crippen LogP contribution in [0.3, 0.4) is 0 Å². The van der Waals surface area contributed by atoms with Gasteiger partial charge in [-0.15, -0.1) is 0 Å². The van der Waals surface area contributed by atoms with Crippen LogP contribution in [-0.2, 0) is 6.42 Å². The minimum Gasteiger partial charge on any atom is -0.508 e. The van der Waals surface area contributed by atoms with Crippen molar-refractivity contribution < 1.29 is 10.2 Å². The Morgan fingerprint density at radius 2 is 2.12 bits per heavy atom. The Labute approximate surface area is 147 Å². The van der Waals surface area contributed by atoms with E-state index in [1.54, 1.807) is 12.1 Å². The number of hydrogen-bond donors (Lipinski definition) is 3. The van der Waals surface area contributed by atoms with Gasteiger partial charge < -0.3 is 20.4 Å². The Kier molecular flexibility index (Phi) is 4.77. The van der Waals surface area contributed by atoms with Crippen LogP contribution >= 0.6 is 0 Å². The number of hydrogen-bond acceptors (Lipinski definition) is 6. The fraction of sp³-hybridized carbons (Fsp3) is 0.368. The van der Waals surface area contributed by atoms with Gasteiger partial charge in [0.1, 0.15) is 23.2 Å². The smallest absolute Gasteiger partial charge is 0.150 e. The summed E-state index contributed by atoms with van der Waals surface area (Å²) >= 11 is 0. The molecule has 1 fully saturated rings. The highest BCUT2D eigenvalue weighted by molar-refractivity contribution is 5.89. The number of aliphatic imine (C=N–C) groups is 1. The fourth-order valence-electron chi connectivity index (χ4n) is 3.12. The highest BCUT2D eigenvalue weighted by atomic mass is 16.3. The Balaban J connectivity index is 1.90. The number of aliphatic hydroxyl groups is 1. The third-order valence-corrected chi connectivity index (χ3v) is 4.63. The monoisotopic (exact) mass is 338 g/mol. The van der Waals surface area contributed by atoms with Gasteiger partial charge in [0.2, 0.25) is 0 Å². The van der Waals surface area contributed by atoms with Crippen molar-refractivity contribution in [3.63, 3.8) is 0 Å². The number of rotatable bonds is 3. The molecular formula is C19H22N4O2. The second-order valence-electron chi connectivity index (χ2n) is 6.48. The molecule has 0 amide bonds. The second-order valence-corrected chi connectivity index (χ2v) is 6.48. The zero-order chi connectivity index (χ0) is 18.0. The van der Waals surface area contributed by atoms with Gasteiger partial charge in [-0.3, -0.25) is 0 Å². The summed E-state index contributed by atoms with van der Waals surface area (Å²) in [6.07, 6.45) is 1.56. The number of piperidine rings is 1. The second kappa shape index (κ2) is 6.99. The van der Waals surface area contributed by atoms with E-state index >= 15 is 0 Å². The van der Waals surface area contributed by atoms with Crippen molar-refractivity contribution in [2.45, 2.75) is 32.3 Å². The predicted octanol–water partition coefficient (Wildman–Crippen LogP) is 1.95. The van der Waals surface area contributed by atoms with E-state index < -0.39 is 0 Å².